The van der Waals surface area contributed by atoms with Crippen LogP contribution >= 0.6 is 11.3 Å². The first kappa shape index (κ1) is 31.0. The molecule has 0 saturated carbocycles. The number of halogens is 1. The number of rotatable bonds is 9. The van der Waals surface area contributed by atoms with Crippen LogP contribution in [0.15, 0.2) is 106 Å². The second-order valence-electron chi connectivity index (χ2n) is 11.1. The van der Waals surface area contributed by atoms with Crippen molar-refractivity contribution >= 4 is 34.2 Å². The monoisotopic (exact) mass is 636 g/mol. The van der Waals surface area contributed by atoms with Crippen molar-refractivity contribution in [2.24, 2.45) is 4.99 Å². The molecule has 2 heterocycles. The van der Waals surface area contributed by atoms with Gasteiger partial charge in [-0.1, -0.05) is 72.0 Å². The lowest BCUT2D eigenvalue weighted by Crippen LogP contribution is -2.40. The van der Waals surface area contributed by atoms with Crippen LogP contribution in [0.1, 0.15) is 50.4 Å². The zero-order valence-corrected chi connectivity index (χ0v) is 26.8. The average molecular weight is 637 g/mol. The summed E-state index contributed by atoms with van der Waals surface area (Å²) in [6.07, 6.45) is 1.69. The number of allylic oxidation sites excluding steroid dienone is 1. The van der Waals surface area contributed by atoms with Gasteiger partial charge in [-0.15, -0.1) is 0 Å². The fraction of sp³-hybridized carbons (Fsp3) is 0.216. The van der Waals surface area contributed by atoms with Gasteiger partial charge in [0.15, 0.2) is 4.80 Å². The number of para-hydroxylation sites is 1. The summed E-state index contributed by atoms with van der Waals surface area (Å²) in [5, 5.41) is 1.88. The minimum absolute atomic E-state index is 0.132. The summed E-state index contributed by atoms with van der Waals surface area (Å²) in [6.45, 7) is 7.75. The standard InChI is InChI=1S/C37H33FN2O5S/c1-5-43-36(42)33-23(4)39-37-40(34(33)28-12-8-9-13-31(28)45-22(2)3)35(41)32(46-37)20-29-27-11-7-6-10-25(27)16-19-30(29)44-21-24-14-17-26(38)18-15-24/h6-20,22,34H,5,21H2,1-4H3/b32-20-/t34-/m0/s1. The van der Waals surface area contributed by atoms with Crippen molar-refractivity contribution < 1.29 is 23.4 Å². The predicted molar refractivity (Wildman–Crippen MR) is 177 cm³/mol. The van der Waals surface area contributed by atoms with Crippen LogP contribution in [0.2, 0.25) is 0 Å². The number of hydrogen-bond donors (Lipinski definition) is 0. The van der Waals surface area contributed by atoms with Crippen LogP contribution in [-0.2, 0) is 16.1 Å². The third kappa shape index (κ3) is 6.10. The molecule has 234 valence electrons. The van der Waals surface area contributed by atoms with Crippen molar-refractivity contribution in [2.75, 3.05) is 6.61 Å². The summed E-state index contributed by atoms with van der Waals surface area (Å²) in [4.78, 5) is 33.0. The van der Waals surface area contributed by atoms with Crippen LogP contribution in [0.25, 0.3) is 16.8 Å². The Balaban J connectivity index is 1.54. The van der Waals surface area contributed by atoms with E-state index >= 15 is 0 Å². The van der Waals surface area contributed by atoms with E-state index in [0.717, 1.165) is 21.9 Å². The number of hydrogen-bond acceptors (Lipinski definition) is 7. The van der Waals surface area contributed by atoms with Gasteiger partial charge in [0.2, 0.25) is 0 Å². The molecule has 0 bridgehead atoms. The van der Waals surface area contributed by atoms with Gasteiger partial charge in [-0.05, 0) is 74.4 Å². The summed E-state index contributed by atoms with van der Waals surface area (Å²) in [5.74, 6) is 0.292. The Morgan fingerprint density at radius 1 is 1.00 bits per heavy atom. The molecule has 6 rings (SSSR count). The maximum absolute atomic E-state index is 14.4. The highest BCUT2D eigenvalue weighted by molar-refractivity contribution is 7.07. The summed E-state index contributed by atoms with van der Waals surface area (Å²) in [6, 6.07) is 24.5. The zero-order chi connectivity index (χ0) is 32.4. The van der Waals surface area contributed by atoms with Crippen molar-refractivity contribution in [3.63, 3.8) is 0 Å². The Labute approximate surface area is 269 Å². The van der Waals surface area contributed by atoms with E-state index in [-0.39, 0.29) is 36.3 Å². The number of aromatic nitrogens is 1. The SMILES string of the molecule is CCOC(=O)C1=C(C)N=c2s/c(=C\c3c(OCc4ccc(F)cc4)ccc4ccccc34)c(=O)n2[C@H]1c1ccccc1OC(C)C. The Morgan fingerprint density at radius 2 is 1.74 bits per heavy atom. The number of nitrogens with zero attached hydrogens (tertiary/aromatic N) is 2. The average Bonchev–Trinajstić information content (AvgIpc) is 3.34. The van der Waals surface area contributed by atoms with Crippen LogP contribution in [0.4, 0.5) is 4.39 Å². The third-order valence-electron chi connectivity index (χ3n) is 7.61. The van der Waals surface area contributed by atoms with Gasteiger partial charge in [0.25, 0.3) is 5.56 Å². The molecule has 7 nitrogen and oxygen atoms in total. The molecular weight excluding hydrogens is 603 g/mol. The van der Waals surface area contributed by atoms with Gasteiger partial charge in [-0.25, -0.2) is 14.2 Å². The molecule has 0 radical (unpaired) electrons. The lowest BCUT2D eigenvalue weighted by atomic mass is 9.95. The van der Waals surface area contributed by atoms with Crippen LogP contribution in [0.5, 0.6) is 11.5 Å². The van der Waals surface area contributed by atoms with Gasteiger partial charge >= 0.3 is 5.97 Å². The quantitative estimate of drug-likeness (QED) is 0.174. The Hall–Kier alpha value is -5.02. The molecule has 0 amide bonds. The Bertz CT molecular complexity index is 2150. The summed E-state index contributed by atoms with van der Waals surface area (Å²) < 4.78 is 33.3. The van der Waals surface area contributed by atoms with Gasteiger partial charge in [-0.2, -0.15) is 0 Å². The van der Waals surface area contributed by atoms with E-state index in [2.05, 4.69) is 0 Å². The summed E-state index contributed by atoms with van der Waals surface area (Å²) in [5.41, 5.74) is 2.66. The Morgan fingerprint density at radius 3 is 2.50 bits per heavy atom. The van der Waals surface area contributed by atoms with Crippen LogP contribution in [-0.4, -0.2) is 23.2 Å². The maximum atomic E-state index is 14.4. The molecule has 0 fully saturated rings. The van der Waals surface area contributed by atoms with E-state index in [1.54, 1.807) is 30.5 Å². The lowest BCUT2D eigenvalue weighted by molar-refractivity contribution is -0.139. The number of fused-ring (bicyclic) bond motifs is 2. The predicted octanol–water partition coefficient (Wildman–Crippen LogP) is 6.46. The van der Waals surface area contributed by atoms with Crippen LogP contribution < -0.4 is 24.4 Å². The minimum Gasteiger partial charge on any atom is -0.491 e. The first-order chi connectivity index (χ1) is 22.2. The van der Waals surface area contributed by atoms with E-state index in [0.29, 0.717) is 32.1 Å². The third-order valence-corrected chi connectivity index (χ3v) is 8.59. The summed E-state index contributed by atoms with van der Waals surface area (Å²) in [7, 11) is 0. The first-order valence-corrected chi connectivity index (χ1v) is 15.9. The van der Waals surface area contributed by atoms with E-state index in [1.807, 2.05) is 80.6 Å². The first-order valence-electron chi connectivity index (χ1n) is 15.1. The Kier molecular flexibility index (Phi) is 8.85. The van der Waals surface area contributed by atoms with Crippen molar-refractivity contribution in [1.29, 1.82) is 0 Å². The molecule has 1 atom stereocenters. The number of benzene rings is 4. The zero-order valence-electron chi connectivity index (χ0n) is 26.0. The van der Waals surface area contributed by atoms with E-state index < -0.39 is 12.0 Å². The molecule has 0 aliphatic carbocycles. The topological polar surface area (TPSA) is 79.1 Å². The maximum Gasteiger partial charge on any atom is 0.338 e. The molecule has 0 saturated heterocycles. The van der Waals surface area contributed by atoms with Gasteiger partial charge in [0.1, 0.15) is 30.0 Å². The second-order valence-corrected chi connectivity index (χ2v) is 12.1. The fourth-order valence-corrected chi connectivity index (χ4v) is 6.60. The van der Waals surface area contributed by atoms with Gasteiger partial charge in [0, 0.05) is 11.1 Å². The van der Waals surface area contributed by atoms with Crippen LogP contribution in [0, 0.1) is 5.82 Å². The fourth-order valence-electron chi connectivity index (χ4n) is 5.58. The molecule has 0 N–H and O–H groups in total. The van der Waals surface area contributed by atoms with Crippen molar-refractivity contribution in [2.45, 2.75) is 46.4 Å². The van der Waals surface area contributed by atoms with Gasteiger partial charge in [0.05, 0.1) is 28.5 Å². The van der Waals surface area contributed by atoms with E-state index in [9.17, 15) is 14.0 Å². The minimum atomic E-state index is -0.811. The summed E-state index contributed by atoms with van der Waals surface area (Å²) >= 11 is 1.24. The lowest BCUT2D eigenvalue weighted by Gasteiger charge is -2.26. The molecule has 1 aliphatic heterocycles. The number of thiazole rings is 1. The number of ether oxygens (including phenoxy) is 3. The molecule has 1 aromatic heterocycles. The molecule has 46 heavy (non-hydrogen) atoms. The van der Waals surface area contributed by atoms with Gasteiger partial charge in [-0.3, -0.25) is 9.36 Å². The molecular formula is C37H33FN2O5S. The normalized spacial score (nSPS) is 14.7. The van der Waals surface area contributed by atoms with E-state index in [1.165, 1.54) is 23.5 Å². The number of esters is 1. The molecule has 4 aromatic carbocycles. The van der Waals surface area contributed by atoms with E-state index in [4.69, 9.17) is 19.2 Å². The smallest absolute Gasteiger partial charge is 0.338 e. The van der Waals surface area contributed by atoms with Crippen molar-refractivity contribution in [3.8, 4) is 11.5 Å². The van der Waals surface area contributed by atoms with Crippen molar-refractivity contribution in [3.05, 3.63) is 138 Å². The number of carbonyl (C=O) groups excluding carboxylic acids is 1. The second kappa shape index (κ2) is 13.1. The highest BCUT2D eigenvalue weighted by Crippen LogP contribution is 2.36. The largest absolute Gasteiger partial charge is 0.491 e. The molecule has 1 aliphatic rings. The molecule has 0 spiro atoms. The highest BCUT2D eigenvalue weighted by atomic mass is 32.1. The number of carbonyl (C=O) groups is 1. The van der Waals surface area contributed by atoms with Gasteiger partial charge < -0.3 is 14.2 Å². The highest BCUT2D eigenvalue weighted by Gasteiger charge is 2.35. The van der Waals surface area contributed by atoms with Crippen LogP contribution in [0.3, 0.4) is 0 Å². The molecule has 5 aromatic rings. The van der Waals surface area contributed by atoms with Crippen molar-refractivity contribution in [1.82, 2.24) is 4.57 Å². The molecule has 0 unspecified atom stereocenters. The molecule has 9 heteroatoms.